The first-order chi connectivity index (χ1) is 15.5. The van der Waals surface area contributed by atoms with Crippen LogP contribution in [0.3, 0.4) is 0 Å². The van der Waals surface area contributed by atoms with Gasteiger partial charge in [-0.2, -0.15) is 0 Å². The molecule has 32 heavy (non-hydrogen) atoms. The molecule has 2 fully saturated rings. The highest BCUT2D eigenvalue weighted by atomic mass is 32.2. The molecule has 2 aromatic heterocycles. The van der Waals surface area contributed by atoms with Gasteiger partial charge in [0.2, 0.25) is 5.91 Å². The predicted molar refractivity (Wildman–Crippen MR) is 126 cm³/mol. The first kappa shape index (κ1) is 21.7. The molecule has 0 N–H and O–H groups in total. The van der Waals surface area contributed by atoms with Crippen LogP contribution in [0.15, 0.2) is 53.0 Å². The van der Waals surface area contributed by atoms with E-state index in [1.807, 2.05) is 47.8 Å². The van der Waals surface area contributed by atoms with Gasteiger partial charge < -0.3 is 4.90 Å². The number of rotatable bonds is 8. The van der Waals surface area contributed by atoms with E-state index in [4.69, 9.17) is 0 Å². The maximum atomic E-state index is 13.3. The molecule has 0 bridgehead atoms. The topological polar surface area (TPSA) is 85.2 Å². The third-order valence-corrected chi connectivity index (χ3v) is 9.35. The lowest BCUT2D eigenvalue weighted by Gasteiger charge is -2.28. The molecular weight excluding hydrogens is 464 g/mol. The fraction of sp³-hybridized carbons (Fsp3) is 0.409. The van der Waals surface area contributed by atoms with E-state index in [-0.39, 0.29) is 29.2 Å². The van der Waals surface area contributed by atoms with Crippen LogP contribution < -0.4 is 0 Å². The SMILES string of the molecule is O=C(CSc1nnc(-c2cccs2)n1C1CC1)N(Cc1ccccc1)[C@H]1CCS(=O)(=O)C1. The number of benzene rings is 1. The molecule has 1 amide bonds. The van der Waals surface area contributed by atoms with Gasteiger partial charge in [0.25, 0.3) is 0 Å². The van der Waals surface area contributed by atoms with Crippen LogP contribution >= 0.6 is 23.1 Å². The number of aromatic nitrogens is 3. The molecule has 7 nitrogen and oxygen atoms in total. The number of hydrogen-bond donors (Lipinski definition) is 0. The summed E-state index contributed by atoms with van der Waals surface area (Å²) in [4.78, 5) is 16.1. The number of thiophene rings is 1. The van der Waals surface area contributed by atoms with Gasteiger partial charge in [-0.3, -0.25) is 9.36 Å². The number of thioether (sulfide) groups is 1. The Morgan fingerprint density at radius 2 is 1.94 bits per heavy atom. The highest BCUT2D eigenvalue weighted by Gasteiger charge is 2.35. The summed E-state index contributed by atoms with van der Waals surface area (Å²) in [6.45, 7) is 0.413. The van der Waals surface area contributed by atoms with Crippen molar-refractivity contribution in [3.63, 3.8) is 0 Å². The van der Waals surface area contributed by atoms with Crippen LogP contribution in [0.1, 0.15) is 30.9 Å². The molecular formula is C22H24N4O3S3. The average Bonchev–Trinajstić information content (AvgIpc) is 3.16. The van der Waals surface area contributed by atoms with Crippen molar-refractivity contribution in [1.82, 2.24) is 19.7 Å². The second kappa shape index (κ2) is 8.99. The minimum absolute atomic E-state index is 0.0387. The average molecular weight is 489 g/mol. The summed E-state index contributed by atoms with van der Waals surface area (Å²) in [7, 11) is -3.09. The van der Waals surface area contributed by atoms with E-state index in [1.54, 1.807) is 16.2 Å². The normalized spacial score (nSPS) is 19.8. The van der Waals surface area contributed by atoms with E-state index in [1.165, 1.54) is 11.8 Å². The van der Waals surface area contributed by atoms with Crippen molar-refractivity contribution in [1.29, 1.82) is 0 Å². The van der Waals surface area contributed by atoms with Crippen molar-refractivity contribution in [3.05, 3.63) is 53.4 Å². The Balaban J connectivity index is 1.34. The zero-order valence-corrected chi connectivity index (χ0v) is 19.9. The Kier molecular flexibility index (Phi) is 6.09. The summed E-state index contributed by atoms with van der Waals surface area (Å²) in [5, 5.41) is 11.6. The number of amides is 1. The van der Waals surface area contributed by atoms with Crippen molar-refractivity contribution in [2.45, 2.75) is 43.0 Å². The van der Waals surface area contributed by atoms with Gasteiger partial charge >= 0.3 is 0 Å². The van der Waals surface area contributed by atoms with Crippen molar-refractivity contribution in [2.24, 2.45) is 0 Å². The van der Waals surface area contributed by atoms with Gasteiger partial charge in [0, 0.05) is 18.6 Å². The highest BCUT2D eigenvalue weighted by molar-refractivity contribution is 7.99. The van der Waals surface area contributed by atoms with E-state index in [9.17, 15) is 13.2 Å². The Morgan fingerprint density at radius 3 is 2.59 bits per heavy atom. The summed E-state index contributed by atoms with van der Waals surface area (Å²) >= 11 is 3.02. The molecule has 0 spiro atoms. The lowest BCUT2D eigenvalue weighted by Crippen LogP contribution is -2.41. The van der Waals surface area contributed by atoms with Crippen molar-refractivity contribution in [2.75, 3.05) is 17.3 Å². The third kappa shape index (κ3) is 4.77. The van der Waals surface area contributed by atoms with Gasteiger partial charge in [-0.1, -0.05) is 48.2 Å². The van der Waals surface area contributed by atoms with Gasteiger partial charge in [0.15, 0.2) is 20.8 Å². The lowest BCUT2D eigenvalue weighted by molar-refractivity contribution is -0.130. The number of sulfone groups is 1. The van der Waals surface area contributed by atoms with E-state index < -0.39 is 9.84 Å². The zero-order chi connectivity index (χ0) is 22.1. The van der Waals surface area contributed by atoms with Crippen molar-refractivity contribution < 1.29 is 13.2 Å². The third-order valence-electron chi connectivity index (χ3n) is 5.81. The second-order valence-corrected chi connectivity index (χ2v) is 12.4. The highest BCUT2D eigenvalue weighted by Crippen LogP contribution is 2.41. The summed E-state index contributed by atoms with van der Waals surface area (Å²) in [6.07, 6.45) is 2.68. The standard InChI is InChI=1S/C22H24N4O3S3/c27-20(25(13-16-5-2-1-3-6-16)18-10-12-32(28,29)15-18)14-31-22-24-23-21(19-7-4-11-30-19)26(22)17-8-9-17/h1-7,11,17-18H,8-10,12-15H2/t18-/m0/s1. The molecule has 1 saturated heterocycles. The summed E-state index contributed by atoms with van der Waals surface area (Å²) in [5.74, 6) is 1.18. The summed E-state index contributed by atoms with van der Waals surface area (Å²) in [5.41, 5.74) is 0.997. The maximum absolute atomic E-state index is 13.3. The number of carbonyl (C=O) groups excluding carboxylic acids is 1. The van der Waals surface area contributed by atoms with Crippen molar-refractivity contribution >= 4 is 38.8 Å². The van der Waals surface area contributed by atoms with Crippen LogP contribution in [0, 0.1) is 0 Å². The largest absolute Gasteiger partial charge is 0.334 e. The van der Waals surface area contributed by atoms with Gasteiger partial charge in [-0.05, 0) is 36.3 Å². The van der Waals surface area contributed by atoms with Crippen LogP contribution in [0.4, 0.5) is 0 Å². The van der Waals surface area contributed by atoms with Gasteiger partial charge in [0.05, 0.1) is 22.1 Å². The molecule has 168 valence electrons. The second-order valence-electron chi connectivity index (χ2n) is 8.24. The van der Waals surface area contributed by atoms with Gasteiger partial charge in [0.1, 0.15) is 0 Å². The van der Waals surface area contributed by atoms with Crippen LogP contribution in [0.2, 0.25) is 0 Å². The molecule has 1 saturated carbocycles. The summed E-state index contributed by atoms with van der Waals surface area (Å²) < 4.78 is 26.3. The Labute approximate surface area is 195 Å². The van der Waals surface area contributed by atoms with E-state index in [0.29, 0.717) is 19.0 Å². The lowest BCUT2D eigenvalue weighted by atomic mass is 10.1. The minimum Gasteiger partial charge on any atom is -0.334 e. The Hall–Kier alpha value is -2.17. The first-order valence-corrected chi connectivity index (χ1v) is 14.3. The van der Waals surface area contributed by atoms with E-state index in [2.05, 4.69) is 14.8 Å². The van der Waals surface area contributed by atoms with Crippen LogP contribution in [-0.2, 0) is 21.2 Å². The fourth-order valence-corrected chi connectivity index (χ4v) is 7.37. The molecule has 2 aliphatic rings. The van der Waals surface area contributed by atoms with Crippen LogP contribution in [0.5, 0.6) is 0 Å². The van der Waals surface area contributed by atoms with E-state index in [0.717, 1.165) is 34.3 Å². The molecule has 1 aromatic carbocycles. The number of hydrogen-bond acceptors (Lipinski definition) is 7. The molecule has 1 aliphatic carbocycles. The fourth-order valence-electron chi connectivity index (χ4n) is 4.04. The van der Waals surface area contributed by atoms with E-state index >= 15 is 0 Å². The molecule has 1 atom stereocenters. The molecule has 10 heteroatoms. The van der Waals surface area contributed by atoms with Crippen molar-refractivity contribution in [3.8, 4) is 10.7 Å². The van der Waals surface area contributed by atoms with Gasteiger partial charge in [-0.25, -0.2) is 8.42 Å². The molecule has 0 unspecified atom stereocenters. The molecule has 5 rings (SSSR count). The zero-order valence-electron chi connectivity index (χ0n) is 17.5. The first-order valence-electron chi connectivity index (χ1n) is 10.7. The minimum atomic E-state index is -3.09. The molecule has 0 radical (unpaired) electrons. The monoisotopic (exact) mass is 488 g/mol. The molecule has 3 aromatic rings. The Bertz CT molecular complexity index is 1190. The molecule has 3 heterocycles. The molecule has 1 aliphatic heterocycles. The predicted octanol–water partition coefficient (Wildman–Crippen LogP) is 3.65. The quantitative estimate of drug-likeness (QED) is 0.450. The summed E-state index contributed by atoms with van der Waals surface area (Å²) in [6, 6.07) is 13.9. The maximum Gasteiger partial charge on any atom is 0.233 e. The number of carbonyl (C=O) groups is 1. The number of nitrogens with zero attached hydrogens (tertiary/aromatic N) is 4. The Morgan fingerprint density at radius 1 is 1.12 bits per heavy atom. The van der Waals surface area contributed by atoms with Gasteiger partial charge in [-0.15, -0.1) is 21.5 Å². The van der Waals surface area contributed by atoms with Crippen LogP contribution in [0.25, 0.3) is 10.7 Å². The smallest absolute Gasteiger partial charge is 0.233 e. The van der Waals surface area contributed by atoms with Crippen LogP contribution in [-0.4, -0.2) is 57.3 Å².